The molecule has 1 unspecified atom stereocenters. The highest BCUT2D eigenvalue weighted by Gasteiger charge is 2.34. The van der Waals surface area contributed by atoms with E-state index in [1.54, 1.807) is 4.90 Å². The van der Waals surface area contributed by atoms with Gasteiger partial charge in [0.2, 0.25) is 5.91 Å². The van der Waals surface area contributed by atoms with E-state index >= 15 is 0 Å². The van der Waals surface area contributed by atoms with Gasteiger partial charge in [0, 0.05) is 31.0 Å². The van der Waals surface area contributed by atoms with Gasteiger partial charge in [-0.1, -0.05) is 11.2 Å². The third-order valence-corrected chi connectivity index (χ3v) is 5.46. The van der Waals surface area contributed by atoms with E-state index in [1.165, 1.54) is 12.1 Å². The highest BCUT2D eigenvalue weighted by Crippen LogP contribution is 2.33. The van der Waals surface area contributed by atoms with Gasteiger partial charge >= 0.3 is 6.18 Å². The lowest BCUT2D eigenvalue weighted by atomic mass is 10.1. The maximum Gasteiger partial charge on any atom is 0.416 e. The van der Waals surface area contributed by atoms with E-state index in [1.807, 2.05) is 32.0 Å². The molecule has 1 atom stereocenters. The van der Waals surface area contributed by atoms with Gasteiger partial charge in [-0.3, -0.25) is 4.79 Å². The average Bonchev–Trinajstić information content (AvgIpc) is 3.43. The van der Waals surface area contributed by atoms with E-state index in [0.29, 0.717) is 49.2 Å². The van der Waals surface area contributed by atoms with Crippen LogP contribution in [0.5, 0.6) is 11.5 Å². The Hall–Kier alpha value is -3.56. The molecule has 2 heterocycles. The largest absolute Gasteiger partial charge is 0.490 e. The quantitative estimate of drug-likeness (QED) is 0.453. The Morgan fingerprint density at radius 3 is 2.44 bits per heavy atom. The number of carbonyl (C=O) groups is 1. The Kier molecular flexibility index (Phi) is 6.76. The fourth-order valence-electron chi connectivity index (χ4n) is 3.83. The van der Waals surface area contributed by atoms with Gasteiger partial charge in [-0.25, -0.2) is 0 Å². The zero-order valence-corrected chi connectivity index (χ0v) is 18.8. The Balaban J connectivity index is 1.44. The van der Waals surface area contributed by atoms with Crippen molar-refractivity contribution < 1.29 is 32.0 Å². The maximum atomic E-state index is 12.8. The number of rotatable bonds is 8. The van der Waals surface area contributed by atoms with Crippen LogP contribution in [0.4, 0.5) is 13.2 Å². The van der Waals surface area contributed by atoms with E-state index in [4.69, 9.17) is 14.0 Å². The summed E-state index contributed by atoms with van der Waals surface area (Å²) in [4.78, 5) is 18.7. The van der Waals surface area contributed by atoms with Crippen LogP contribution in [0.15, 0.2) is 47.0 Å². The van der Waals surface area contributed by atoms with Gasteiger partial charge in [-0.15, -0.1) is 0 Å². The minimum atomic E-state index is -4.42. The van der Waals surface area contributed by atoms with Crippen molar-refractivity contribution in [3.8, 4) is 23.0 Å². The minimum Gasteiger partial charge on any atom is -0.490 e. The van der Waals surface area contributed by atoms with Crippen LogP contribution in [-0.4, -0.2) is 40.7 Å². The molecule has 0 saturated carbocycles. The normalized spacial score (nSPS) is 16.2. The molecule has 1 aromatic heterocycles. The predicted molar refractivity (Wildman–Crippen MR) is 116 cm³/mol. The van der Waals surface area contributed by atoms with Gasteiger partial charge in [0.05, 0.1) is 18.8 Å². The summed E-state index contributed by atoms with van der Waals surface area (Å²) in [5.74, 6) is 1.44. The first kappa shape index (κ1) is 23.6. The van der Waals surface area contributed by atoms with Gasteiger partial charge in [-0.2, -0.15) is 18.2 Å². The fraction of sp³-hybridized carbons (Fsp3) is 0.375. The number of likely N-dealkylation sites (tertiary alicyclic amines) is 1. The van der Waals surface area contributed by atoms with Crippen molar-refractivity contribution in [2.45, 2.75) is 38.9 Å². The first-order valence-electron chi connectivity index (χ1n) is 11.0. The van der Waals surface area contributed by atoms with Crippen molar-refractivity contribution in [2.24, 2.45) is 0 Å². The average molecular weight is 475 g/mol. The first-order valence-corrected chi connectivity index (χ1v) is 11.0. The molecule has 3 aromatic rings. The molecule has 0 aliphatic carbocycles. The molecule has 4 rings (SSSR count). The fourth-order valence-corrected chi connectivity index (χ4v) is 3.83. The van der Waals surface area contributed by atoms with Gasteiger partial charge in [-0.05, 0) is 55.8 Å². The molecule has 0 N–H and O–H groups in total. The van der Waals surface area contributed by atoms with Gasteiger partial charge < -0.3 is 18.9 Å². The lowest BCUT2D eigenvalue weighted by Crippen LogP contribution is -2.24. The van der Waals surface area contributed by atoms with E-state index in [2.05, 4.69) is 10.1 Å². The summed E-state index contributed by atoms with van der Waals surface area (Å²) in [6, 6.07) is 10.1. The number of alkyl halides is 3. The second kappa shape index (κ2) is 9.74. The summed E-state index contributed by atoms with van der Waals surface area (Å²) < 4.78 is 54.8. The zero-order valence-electron chi connectivity index (χ0n) is 18.8. The molecular formula is C24H24F3N3O4. The van der Waals surface area contributed by atoms with E-state index in [9.17, 15) is 18.0 Å². The molecule has 0 radical (unpaired) electrons. The van der Waals surface area contributed by atoms with Crippen LogP contribution in [0.3, 0.4) is 0 Å². The number of hydrogen-bond donors (Lipinski definition) is 0. The molecular weight excluding hydrogens is 451 g/mol. The summed E-state index contributed by atoms with van der Waals surface area (Å²) >= 11 is 0. The molecule has 1 amide bonds. The standard InChI is InChI=1S/C24H24F3N3O4/c1-3-32-19-10-5-15(11-20(19)33-4-2)13-30-14-17(12-21(30)31)22-28-23(34-29-22)16-6-8-18(9-7-16)24(25,26)27/h5-11,17H,3-4,12-14H2,1-2H3. The number of amides is 1. The highest BCUT2D eigenvalue weighted by molar-refractivity contribution is 5.79. The molecule has 1 saturated heterocycles. The topological polar surface area (TPSA) is 77.7 Å². The number of halogens is 3. The van der Waals surface area contributed by atoms with Crippen LogP contribution in [0.2, 0.25) is 0 Å². The van der Waals surface area contributed by atoms with Crippen molar-refractivity contribution in [2.75, 3.05) is 19.8 Å². The summed E-state index contributed by atoms with van der Waals surface area (Å²) in [6.07, 6.45) is -4.19. The van der Waals surface area contributed by atoms with E-state index < -0.39 is 11.7 Å². The van der Waals surface area contributed by atoms with Crippen LogP contribution >= 0.6 is 0 Å². The predicted octanol–water partition coefficient (Wildman–Crippen LogP) is 5.07. The van der Waals surface area contributed by atoms with Crippen LogP contribution in [-0.2, 0) is 17.5 Å². The van der Waals surface area contributed by atoms with E-state index in [0.717, 1.165) is 17.7 Å². The molecule has 1 fully saturated rings. The number of benzene rings is 2. The zero-order chi connectivity index (χ0) is 24.3. The Morgan fingerprint density at radius 2 is 1.76 bits per heavy atom. The summed E-state index contributed by atoms with van der Waals surface area (Å²) in [5, 5.41) is 3.97. The third kappa shape index (κ3) is 5.16. The highest BCUT2D eigenvalue weighted by atomic mass is 19.4. The molecule has 10 heteroatoms. The molecule has 2 aromatic carbocycles. The molecule has 1 aliphatic rings. The number of aromatic nitrogens is 2. The second-order valence-electron chi connectivity index (χ2n) is 7.86. The third-order valence-electron chi connectivity index (χ3n) is 5.46. The molecule has 180 valence electrons. The molecule has 0 bridgehead atoms. The SMILES string of the molecule is CCOc1ccc(CN2CC(c3noc(-c4ccc(C(F)(F)F)cc4)n3)CC2=O)cc1OCC. The molecule has 34 heavy (non-hydrogen) atoms. The Bertz CT molecular complexity index is 1150. The minimum absolute atomic E-state index is 0.0438. The Labute approximate surface area is 194 Å². The molecule has 7 nitrogen and oxygen atoms in total. The number of hydrogen-bond acceptors (Lipinski definition) is 6. The molecule has 1 aliphatic heterocycles. The van der Waals surface area contributed by atoms with Gasteiger partial charge in [0.15, 0.2) is 17.3 Å². The van der Waals surface area contributed by atoms with Crippen molar-refractivity contribution >= 4 is 5.91 Å². The smallest absolute Gasteiger partial charge is 0.416 e. The summed E-state index contributed by atoms with van der Waals surface area (Å²) in [7, 11) is 0. The van der Waals surface area contributed by atoms with Gasteiger partial charge in [0.1, 0.15) is 0 Å². The summed E-state index contributed by atoms with van der Waals surface area (Å²) in [6.45, 7) is 5.60. The van der Waals surface area contributed by atoms with Crippen molar-refractivity contribution in [1.29, 1.82) is 0 Å². The van der Waals surface area contributed by atoms with Gasteiger partial charge in [0.25, 0.3) is 5.89 Å². The lowest BCUT2D eigenvalue weighted by Gasteiger charge is -2.18. The van der Waals surface area contributed by atoms with Crippen LogP contribution < -0.4 is 9.47 Å². The number of ether oxygens (including phenoxy) is 2. The van der Waals surface area contributed by atoms with Crippen molar-refractivity contribution in [3.05, 3.63) is 59.4 Å². The van der Waals surface area contributed by atoms with Crippen molar-refractivity contribution in [1.82, 2.24) is 15.0 Å². The van der Waals surface area contributed by atoms with Crippen LogP contribution in [0.1, 0.15) is 43.1 Å². The van der Waals surface area contributed by atoms with Crippen LogP contribution in [0, 0.1) is 0 Å². The monoisotopic (exact) mass is 475 g/mol. The maximum absolute atomic E-state index is 12.8. The first-order chi connectivity index (χ1) is 16.3. The second-order valence-corrected chi connectivity index (χ2v) is 7.86. The number of nitrogens with zero attached hydrogens (tertiary/aromatic N) is 3. The van der Waals surface area contributed by atoms with E-state index in [-0.39, 0.29) is 24.1 Å². The molecule has 0 spiro atoms. The lowest BCUT2D eigenvalue weighted by molar-refractivity contribution is -0.137. The summed E-state index contributed by atoms with van der Waals surface area (Å²) in [5.41, 5.74) is 0.528. The number of carbonyl (C=O) groups excluding carboxylic acids is 1. The van der Waals surface area contributed by atoms with Crippen molar-refractivity contribution in [3.63, 3.8) is 0 Å². The van der Waals surface area contributed by atoms with Crippen LogP contribution in [0.25, 0.3) is 11.5 Å². The Morgan fingerprint density at radius 1 is 1.06 bits per heavy atom.